The maximum absolute atomic E-state index is 10.9. The highest BCUT2D eigenvalue weighted by Gasteiger charge is 2.13. The Kier molecular flexibility index (Phi) is 2.84. The first-order chi connectivity index (χ1) is 7.58. The van der Waals surface area contributed by atoms with Gasteiger partial charge >= 0.3 is 5.97 Å². The number of hydrogen-bond donors (Lipinski definition) is 1. The van der Waals surface area contributed by atoms with E-state index in [0.717, 1.165) is 16.3 Å². The SMILES string of the molecule is C[C@H](C(=O)O)c1ccc2cc(Cl)ccc2c1. The Labute approximate surface area is 98.5 Å². The van der Waals surface area contributed by atoms with Gasteiger partial charge in [-0.15, -0.1) is 0 Å². The number of rotatable bonds is 2. The van der Waals surface area contributed by atoms with Gasteiger partial charge in [-0.2, -0.15) is 0 Å². The number of halogens is 1. The molecule has 2 rings (SSSR count). The minimum Gasteiger partial charge on any atom is -0.481 e. The molecule has 0 aliphatic heterocycles. The fourth-order valence-electron chi connectivity index (χ4n) is 1.65. The Morgan fingerprint density at radius 3 is 2.50 bits per heavy atom. The van der Waals surface area contributed by atoms with Gasteiger partial charge in [0.05, 0.1) is 5.92 Å². The second-order valence-corrected chi connectivity index (χ2v) is 4.25. The van der Waals surface area contributed by atoms with Crippen molar-refractivity contribution in [1.82, 2.24) is 0 Å². The maximum Gasteiger partial charge on any atom is 0.310 e. The summed E-state index contributed by atoms with van der Waals surface area (Å²) >= 11 is 5.88. The van der Waals surface area contributed by atoms with Crippen molar-refractivity contribution < 1.29 is 9.90 Å². The highest BCUT2D eigenvalue weighted by molar-refractivity contribution is 6.31. The molecule has 0 bridgehead atoms. The van der Waals surface area contributed by atoms with Crippen LogP contribution in [0, 0.1) is 0 Å². The van der Waals surface area contributed by atoms with E-state index in [1.807, 2.05) is 30.3 Å². The van der Waals surface area contributed by atoms with Gasteiger partial charge in [0.1, 0.15) is 0 Å². The van der Waals surface area contributed by atoms with Crippen molar-refractivity contribution in [2.24, 2.45) is 0 Å². The molecule has 0 radical (unpaired) electrons. The molecule has 82 valence electrons. The van der Waals surface area contributed by atoms with Crippen LogP contribution in [0.1, 0.15) is 18.4 Å². The molecule has 2 aromatic rings. The van der Waals surface area contributed by atoms with Gasteiger partial charge in [0.15, 0.2) is 0 Å². The second-order valence-electron chi connectivity index (χ2n) is 3.81. The largest absolute Gasteiger partial charge is 0.481 e. The Bertz CT molecular complexity index is 549. The van der Waals surface area contributed by atoms with Crippen LogP contribution in [-0.4, -0.2) is 11.1 Å². The quantitative estimate of drug-likeness (QED) is 0.861. The highest BCUT2D eigenvalue weighted by atomic mass is 35.5. The monoisotopic (exact) mass is 234 g/mol. The fraction of sp³-hybridized carbons (Fsp3) is 0.154. The molecule has 0 amide bonds. The molecule has 0 aliphatic rings. The van der Waals surface area contributed by atoms with E-state index in [4.69, 9.17) is 16.7 Å². The van der Waals surface area contributed by atoms with E-state index in [1.165, 1.54) is 0 Å². The molecular weight excluding hydrogens is 224 g/mol. The maximum atomic E-state index is 10.9. The van der Waals surface area contributed by atoms with Crippen LogP contribution in [0.4, 0.5) is 0 Å². The van der Waals surface area contributed by atoms with Crippen LogP contribution in [0.5, 0.6) is 0 Å². The summed E-state index contributed by atoms with van der Waals surface area (Å²) in [5, 5.41) is 11.6. The zero-order valence-electron chi connectivity index (χ0n) is 8.77. The summed E-state index contributed by atoms with van der Waals surface area (Å²) in [5.74, 6) is -1.30. The lowest BCUT2D eigenvalue weighted by molar-refractivity contribution is -0.138. The molecule has 0 spiro atoms. The van der Waals surface area contributed by atoms with Crippen LogP contribution in [-0.2, 0) is 4.79 Å². The third kappa shape index (κ3) is 2.02. The van der Waals surface area contributed by atoms with Gasteiger partial charge < -0.3 is 5.11 Å². The summed E-state index contributed by atoms with van der Waals surface area (Å²) in [6.07, 6.45) is 0. The van der Waals surface area contributed by atoms with Gasteiger partial charge in [-0.1, -0.05) is 35.9 Å². The second kappa shape index (κ2) is 4.14. The average Bonchev–Trinajstić information content (AvgIpc) is 2.27. The summed E-state index contributed by atoms with van der Waals surface area (Å²) in [6.45, 7) is 1.68. The third-order valence-corrected chi connectivity index (χ3v) is 2.93. The predicted octanol–water partition coefficient (Wildman–Crippen LogP) is 3.68. The van der Waals surface area contributed by atoms with Gasteiger partial charge in [-0.3, -0.25) is 4.79 Å². The molecule has 2 nitrogen and oxygen atoms in total. The summed E-state index contributed by atoms with van der Waals surface area (Å²) in [7, 11) is 0. The summed E-state index contributed by atoms with van der Waals surface area (Å²) < 4.78 is 0. The first-order valence-corrected chi connectivity index (χ1v) is 5.38. The number of carbonyl (C=O) groups is 1. The zero-order valence-corrected chi connectivity index (χ0v) is 9.53. The van der Waals surface area contributed by atoms with E-state index in [9.17, 15) is 4.79 Å². The van der Waals surface area contributed by atoms with Gasteiger partial charge in [0.2, 0.25) is 0 Å². The Morgan fingerprint density at radius 2 is 1.81 bits per heavy atom. The molecule has 0 saturated heterocycles. The third-order valence-electron chi connectivity index (χ3n) is 2.70. The van der Waals surface area contributed by atoms with Crippen LogP contribution < -0.4 is 0 Å². The molecule has 1 atom stereocenters. The molecule has 0 aliphatic carbocycles. The van der Waals surface area contributed by atoms with Crippen molar-refractivity contribution in [1.29, 1.82) is 0 Å². The van der Waals surface area contributed by atoms with Crippen LogP contribution in [0.2, 0.25) is 5.02 Å². The van der Waals surface area contributed by atoms with E-state index in [0.29, 0.717) is 5.02 Å². The van der Waals surface area contributed by atoms with Gasteiger partial charge in [-0.25, -0.2) is 0 Å². The van der Waals surface area contributed by atoms with Crippen LogP contribution in [0.25, 0.3) is 10.8 Å². The lowest BCUT2D eigenvalue weighted by Crippen LogP contribution is -2.06. The summed E-state index contributed by atoms with van der Waals surface area (Å²) in [6, 6.07) is 11.2. The fourth-order valence-corrected chi connectivity index (χ4v) is 1.83. The van der Waals surface area contributed by atoms with E-state index >= 15 is 0 Å². The zero-order chi connectivity index (χ0) is 11.7. The first kappa shape index (κ1) is 11.0. The van der Waals surface area contributed by atoms with Gasteiger partial charge in [-0.05, 0) is 35.4 Å². The number of benzene rings is 2. The molecular formula is C13H11ClO2. The lowest BCUT2D eigenvalue weighted by Gasteiger charge is -2.08. The van der Waals surface area contributed by atoms with Crippen molar-refractivity contribution in [3.05, 3.63) is 47.0 Å². The Balaban J connectivity index is 2.52. The number of hydrogen-bond acceptors (Lipinski definition) is 1. The number of fused-ring (bicyclic) bond motifs is 1. The standard InChI is InChI=1S/C13H11ClO2/c1-8(13(15)16)9-2-3-11-7-12(14)5-4-10(11)6-9/h2-8H,1H3,(H,15,16)/t8-/m0/s1. The van der Waals surface area contributed by atoms with Crippen LogP contribution >= 0.6 is 11.6 Å². The molecule has 2 aromatic carbocycles. The molecule has 0 saturated carbocycles. The molecule has 16 heavy (non-hydrogen) atoms. The lowest BCUT2D eigenvalue weighted by atomic mass is 9.98. The summed E-state index contributed by atoms with van der Waals surface area (Å²) in [5.41, 5.74) is 0.808. The molecule has 0 aromatic heterocycles. The van der Waals surface area contributed by atoms with Crippen LogP contribution in [0.15, 0.2) is 36.4 Å². The molecule has 0 unspecified atom stereocenters. The number of carboxylic acids is 1. The molecule has 0 heterocycles. The summed E-state index contributed by atoms with van der Waals surface area (Å²) in [4.78, 5) is 10.9. The van der Waals surface area contributed by atoms with Gasteiger partial charge in [0, 0.05) is 5.02 Å². The Hall–Kier alpha value is -1.54. The van der Waals surface area contributed by atoms with Crippen molar-refractivity contribution >= 4 is 28.3 Å². The highest BCUT2D eigenvalue weighted by Crippen LogP contribution is 2.24. The van der Waals surface area contributed by atoms with Gasteiger partial charge in [0.25, 0.3) is 0 Å². The van der Waals surface area contributed by atoms with Crippen molar-refractivity contribution in [2.75, 3.05) is 0 Å². The molecule has 0 fully saturated rings. The van der Waals surface area contributed by atoms with Crippen LogP contribution in [0.3, 0.4) is 0 Å². The van der Waals surface area contributed by atoms with E-state index in [1.54, 1.807) is 13.0 Å². The average molecular weight is 235 g/mol. The van der Waals surface area contributed by atoms with E-state index in [-0.39, 0.29) is 0 Å². The first-order valence-electron chi connectivity index (χ1n) is 5.00. The van der Waals surface area contributed by atoms with E-state index < -0.39 is 11.9 Å². The number of aliphatic carboxylic acids is 1. The normalized spacial score (nSPS) is 12.6. The minimum atomic E-state index is -0.812. The predicted molar refractivity (Wildman–Crippen MR) is 65.0 cm³/mol. The van der Waals surface area contributed by atoms with E-state index in [2.05, 4.69) is 0 Å². The smallest absolute Gasteiger partial charge is 0.310 e. The van der Waals surface area contributed by atoms with Crippen molar-refractivity contribution in [3.8, 4) is 0 Å². The van der Waals surface area contributed by atoms with Crippen molar-refractivity contribution in [3.63, 3.8) is 0 Å². The minimum absolute atomic E-state index is 0.486. The van der Waals surface area contributed by atoms with Crippen molar-refractivity contribution in [2.45, 2.75) is 12.8 Å². The Morgan fingerprint density at radius 1 is 1.19 bits per heavy atom. The number of carboxylic acid groups (broad SMARTS) is 1. The molecule has 3 heteroatoms. The molecule has 1 N–H and O–H groups in total. The topological polar surface area (TPSA) is 37.3 Å².